The van der Waals surface area contributed by atoms with E-state index in [9.17, 15) is 14.2 Å². The Morgan fingerprint density at radius 2 is 0.959 bits per heavy atom. The molecule has 0 rings (SSSR count). The van der Waals surface area contributed by atoms with E-state index in [1.165, 1.54) is 83.5 Å². The number of hydrogen-bond donors (Lipinski definition) is 2. The van der Waals surface area contributed by atoms with Crippen LogP contribution < -0.4 is 0 Å². The summed E-state index contributed by atoms with van der Waals surface area (Å²) < 4.78 is 26.2. The van der Waals surface area contributed by atoms with Gasteiger partial charge >= 0.3 is 19.8 Å². The van der Waals surface area contributed by atoms with E-state index >= 15 is 0 Å². The first kappa shape index (κ1) is 46.8. The smallest absolute Gasteiger partial charge is 0.462 e. The highest BCUT2D eigenvalue weighted by Crippen LogP contribution is 2.35. The molecule has 0 aliphatic heterocycles. The number of ether oxygens (including phenoxy) is 2. The van der Waals surface area contributed by atoms with Crippen LogP contribution in [0.1, 0.15) is 162 Å². The summed E-state index contributed by atoms with van der Waals surface area (Å²) in [6, 6.07) is 0. The maximum Gasteiger partial charge on any atom is 0.469 e. The van der Waals surface area contributed by atoms with Gasteiger partial charge in [0.25, 0.3) is 0 Å². The molecular weight excluding hydrogens is 639 g/mol. The molecule has 0 spiro atoms. The van der Waals surface area contributed by atoms with Crippen molar-refractivity contribution in [3.8, 4) is 0 Å². The van der Waals surface area contributed by atoms with Crippen LogP contribution in [0.15, 0.2) is 60.8 Å². The lowest BCUT2D eigenvalue weighted by Gasteiger charge is -2.18. The second-order valence-electron chi connectivity index (χ2n) is 12.6. The first-order valence-electron chi connectivity index (χ1n) is 19.1. The number of carbonyl (C=O) groups excluding carboxylic acids is 2. The zero-order valence-corrected chi connectivity index (χ0v) is 31.7. The molecule has 0 heterocycles. The lowest BCUT2D eigenvalue weighted by atomic mass is 10.0. The van der Waals surface area contributed by atoms with Crippen LogP contribution in [0.5, 0.6) is 0 Å². The molecule has 0 saturated carbocycles. The van der Waals surface area contributed by atoms with Gasteiger partial charge < -0.3 is 19.3 Å². The highest BCUT2D eigenvalue weighted by Gasteiger charge is 2.22. The average Bonchev–Trinajstić information content (AvgIpc) is 3.07. The van der Waals surface area contributed by atoms with Crippen molar-refractivity contribution in [1.82, 2.24) is 0 Å². The number of allylic oxidation sites excluding steroid dienone is 10. The van der Waals surface area contributed by atoms with Crippen LogP contribution in [0.2, 0.25) is 0 Å². The standard InChI is InChI=1S/C40H69O8P/c1-3-5-7-9-11-13-15-17-18-19-20-21-22-23-25-27-29-31-33-35-40(42)48-38(37-47-49(43,44)45)36-46-39(41)34-32-30-28-26-24-16-14-12-10-8-6-4-2/h11,13,17-18,20-21,23,25,29,31,38H,3-10,12,14-16,19,22,24,26-28,30,32-37H2,1-2H3,(H2,43,44,45)/b13-11+,18-17+,21-20+,25-23+,31-29+/t38-/m1/s1. The Labute approximate surface area is 298 Å². The molecule has 0 radical (unpaired) electrons. The molecule has 0 amide bonds. The number of carbonyl (C=O) groups is 2. The van der Waals surface area contributed by atoms with Gasteiger partial charge in [-0.3, -0.25) is 14.1 Å². The Kier molecular flexibility index (Phi) is 33.9. The van der Waals surface area contributed by atoms with E-state index in [2.05, 4.69) is 67.0 Å². The third kappa shape index (κ3) is 38.4. The summed E-state index contributed by atoms with van der Waals surface area (Å²) in [7, 11) is -4.77. The molecule has 0 aromatic carbocycles. The van der Waals surface area contributed by atoms with Gasteiger partial charge in [0.05, 0.1) is 6.61 Å². The zero-order valence-electron chi connectivity index (χ0n) is 30.8. The number of hydrogen-bond acceptors (Lipinski definition) is 6. The maximum absolute atomic E-state index is 12.3. The minimum Gasteiger partial charge on any atom is -0.462 e. The third-order valence-electron chi connectivity index (χ3n) is 7.80. The number of phosphoric acid groups is 1. The van der Waals surface area contributed by atoms with Crippen LogP contribution in [-0.2, 0) is 28.2 Å². The highest BCUT2D eigenvalue weighted by molar-refractivity contribution is 7.46. The fourth-order valence-corrected chi connectivity index (χ4v) is 5.30. The van der Waals surface area contributed by atoms with E-state index in [0.29, 0.717) is 12.8 Å². The van der Waals surface area contributed by atoms with Crippen LogP contribution in [-0.4, -0.2) is 41.0 Å². The van der Waals surface area contributed by atoms with Crippen LogP contribution in [0.25, 0.3) is 0 Å². The summed E-state index contributed by atoms with van der Waals surface area (Å²) in [4.78, 5) is 42.6. The van der Waals surface area contributed by atoms with E-state index in [0.717, 1.165) is 38.5 Å². The quantitative estimate of drug-likeness (QED) is 0.0293. The number of rotatable bonds is 34. The van der Waals surface area contributed by atoms with Gasteiger partial charge in [-0.2, -0.15) is 0 Å². The molecule has 9 heteroatoms. The monoisotopic (exact) mass is 708 g/mol. The summed E-state index contributed by atoms with van der Waals surface area (Å²) in [5, 5.41) is 0. The Morgan fingerprint density at radius 1 is 0.531 bits per heavy atom. The van der Waals surface area contributed by atoms with Crippen LogP contribution >= 0.6 is 7.82 Å². The summed E-state index contributed by atoms with van der Waals surface area (Å²) in [6.07, 6.45) is 43.8. The fraction of sp³-hybridized carbons (Fsp3) is 0.700. The summed E-state index contributed by atoms with van der Waals surface area (Å²) in [5.74, 6) is -0.984. The van der Waals surface area contributed by atoms with Gasteiger partial charge in [0.1, 0.15) is 6.61 Å². The molecule has 0 saturated heterocycles. The predicted molar refractivity (Wildman–Crippen MR) is 202 cm³/mol. The first-order valence-corrected chi connectivity index (χ1v) is 20.6. The number of unbranched alkanes of at least 4 members (excludes halogenated alkanes) is 14. The van der Waals surface area contributed by atoms with E-state index in [1.54, 1.807) is 0 Å². The molecule has 0 aromatic heterocycles. The summed E-state index contributed by atoms with van der Waals surface area (Å²) in [6.45, 7) is 3.57. The van der Waals surface area contributed by atoms with Crippen molar-refractivity contribution in [2.24, 2.45) is 0 Å². The Hall–Kier alpha value is -2.25. The van der Waals surface area contributed by atoms with Crippen molar-refractivity contribution in [1.29, 1.82) is 0 Å². The molecule has 282 valence electrons. The summed E-state index contributed by atoms with van der Waals surface area (Å²) in [5.41, 5.74) is 0. The maximum atomic E-state index is 12.3. The normalized spacial score (nSPS) is 13.1. The van der Waals surface area contributed by atoms with Gasteiger partial charge in [-0.05, 0) is 51.4 Å². The Balaban J connectivity index is 4.11. The summed E-state index contributed by atoms with van der Waals surface area (Å²) >= 11 is 0. The van der Waals surface area contributed by atoms with Gasteiger partial charge in [0, 0.05) is 12.8 Å². The van der Waals surface area contributed by atoms with Crippen molar-refractivity contribution < 1.29 is 37.9 Å². The predicted octanol–water partition coefficient (Wildman–Crippen LogP) is 11.3. The van der Waals surface area contributed by atoms with Crippen LogP contribution in [0, 0.1) is 0 Å². The van der Waals surface area contributed by atoms with E-state index < -0.39 is 32.5 Å². The van der Waals surface area contributed by atoms with Crippen molar-refractivity contribution >= 4 is 19.8 Å². The molecule has 0 aliphatic rings. The minimum atomic E-state index is -4.77. The molecule has 0 aliphatic carbocycles. The molecule has 2 N–H and O–H groups in total. The van der Waals surface area contributed by atoms with Crippen LogP contribution in [0.3, 0.4) is 0 Å². The van der Waals surface area contributed by atoms with Crippen molar-refractivity contribution in [2.75, 3.05) is 13.2 Å². The van der Waals surface area contributed by atoms with Crippen molar-refractivity contribution in [3.05, 3.63) is 60.8 Å². The van der Waals surface area contributed by atoms with Gasteiger partial charge in [-0.25, -0.2) is 4.57 Å². The molecule has 49 heavy (non-hydrogen) atoms. The molecule has 0 aromatic rings. The number of phosphoric ester groups is 1. The van der Waals surface area contributed by atoms with Gasteiger partial charge in [0.15, 0.2) is 6.10 Å². The molecule has 0 bridgehead atoms. The fourth-order valence-electron chi connectivity index (χ4n) is 4.94. The van der Waals surface area contributed by atoms with Crippen LogP contribution in [0.4, 0.5) is 0 Å². The Bertz CT molecular complexity index is 979. The highest BCUT2D eigenvalue weighted by atomic mass is 31.2. The van der Waals surface area contributed by atoms with Gasteiger partial charge in [-0.15, -0.1) is 0 Å². The second-order valence-corrected chi connectivity index (χ2v) is 13.8. The molecular formula is C40H69O8P. The zero-order chi connectivity index (χ0) is 36.1. The van der Waals surface area contributed by atoms with E-state index in [-0.39, 0.29) is 19.4 Å². The van der Waals surface area contributed by atoms with Gasteiger partial charge in [0.2, 0.25) is 0 Å². The van der Waals surface area contributed by atoms with Gasteiger partial charge in [-0.1, -0.05) is 158 Å². The minimum absolute atomic E-state index is 0.0876. The largest absolute Gasteiger partial charge is 0.469 e. The molecule has 0 fully saturated rings. The molecule has 0 unspecified atom stereocenters. The SMILES string of the molecule is CCCCC/C=C/C/C=C/C/C=C/C/C=C/C/C=C/CCC(=O)O[C@H](COC(=O)CCCCCCCCCCCCCC)COP(=O)(O)O. The topological polar surface area (TPSA) is 119 Å². The first-order chi connectivity index (χ1) is 23.8. The molecule has 8 nitrogen and oxygen atoms in total. The Morgan fingerprint density at radius 3 is 1.45 bits per heavy atom. The lowest BCUT2D eigenvalue weighted by Crippen LogP contribution is -2.29. The van der Waals surface area contributed by atoms with Crippen molar-refractivity contribution in [3.63, 3.8) is 0 Å². The lowest BCUT2D eigenvalue weighted by molar-refractivity contribution is -0.161. The third-order valence-corrected chi connectivity index (χ3v) is 8.29. The van der Waals surface area contributed by atoms with E-state index in [4.69, 9.17) is 19.3 Å². The van der Waals surface area contributed by atoms with Crippen molar-refractivity contribution in [2.45, 2.75) is 168 Å². The molecule has 1 atom stereocenters. The average molecular weight is 709 g/mol. The van der Waals surface area contributed by atoms with E-state index in [1.807, 2.05) is 12.2 Å². The number of esters is 2. The second kappa shape index (κ2) is 35.6.